The van der Waals surface area contributed by atoms with Crippen LogP contribution >= 0.6 is 0 Å². The van der Waals surface area contributed by atoms with Gasteiger partial charge in [-0.25, -0.2) is 0 Å². The Hall–Kier alpha value is -1.36. The first-order valence-electron chi connectivity index (χ1n) is 5.71. The number of aromatic nitrogens is 1. The summed E-state index contributed by atoms with van der Waals surface area (Å²) in [5.74, 6) is 0.670. The molecular formula is C11H15N3O2. The van der Waals surface area contributed by atoms with Gasteiger partial charge in [-0.1, -0.05) is 5.16 Å². The van der Waals surface area contributed by atoms with E-state index >= 15 is 0 Å². The molecule has 0 radical (unpaired) electrons. The van der Waals surface area contributed by atoms with Gasteiger partial charge in [-0.05, 0) is 19.8 Å². The van der Waals surface area contributed by atoms with Crippen molar-refractivity contribution in [1.82, 2.24) is 15.4 Å². The molecule has 0 saturated carbocycles. The molecule has 1 aromatic heterocycles. The number of fused-ring (bicyclic) bond motifs is 2. The molecule has 0 aromatic carbocycles. The van der Waals surface area contributed by atoms with Gasteiger partial charge in [-0.3, -0.25) is 4.79 Å². The molecule has 2 fully saturated rings. The van der Waals surface area contributed by atoms with Gasteiger partial charge in [-0.15, -0.1) is 0 Å². The van der Waals surface area contributed by atoms with E-state index in [-0.39, 0.29) is 5.91 Å². The van der Waals surface area contributed by atoms with E-state index in [1.54, 1.807) is 6.92 Å². The van der Waals surface area contributed by atoms with E-state index in [0.717, 1.165) is 25.9 Å². The van der Waals surface area contributed by atoms with Gasteiger partial charge in [0.2, 0.25) is 0 Å². The topological polar surface area (TPSA) is 58.4 Å². The fourth-order valence-corrected chi connectivity index (χ4v) is 2.66. The minimum atomic E-state index is 0.0610. The third kappa shape index (κ3) is 1.43. The Bertz CT molecular complexity index is 415. The molecule has 2 bridgehead atoms. The molecule has 2 unspecified atom stereocenters. The monoisotopic (exact) mass is 221 g/mol. The van der Waals surface area contributed by atoms with Crippen LogP contribution < -0.4 is 5.32 Å². The van der Waals surface area contributed by atoms with Gasteiger partial charge in [0.25, 0.3) is 5.91 Å². The summed E-state index contributed by atoms with van der Waals surface area (Å²) in [5, 5.41) is 7.09. The zero-order valence-corrected chi connectivity index (χ0v) is 9.27. The van der Waals surface area contributed by atoms with Crippen LogP contribution in [0.3, 0.4) is 0 Å². The average Bonchev–Trinajstić information content (AvgIpc) is 2.86. The van der Waals surface area contributed by atoms with E-state index in [1.165, 1.54) is 6.20 Å². The van der Waals surface area contributed by atoms with Gasteiger partial charge < -0.3 is 14.7 Å². The smallest absolute Gasteiger partial charge is 0.259 e. The van der Waals surface area contributed by atoms with Crippen LogP contribution in [-0.2, 0) is 0 Å². The molecule has 1 aromatic rings. The first-order valence-corrected chi connectivity index (χ1v) is 5.71. The van der Waals surface area contributed by atoms with Crippen LogP contribution in [0.15, 0.2) is 10.7 Å². The number of amides is 1. The van der Waals surface area contributed by atoms with Crippen molar-refractivity contribution in [2.24, 2.45) is 0 Å². The van der Waals surface area contributed by atoms with Crippen molar-refractivity contribution >= 4 is 5.91 Å². The summed E-state index contributed by atoms with van der Waals surface area (Å²) >= 11 is 0. The number of piperidine rings is 1. The summed E-state index contributed by atoms with van der Waals surface area (Å²) in [7, 11) is 0. The zero-order chi connectivity index (χ0) is 11.1. The molecule has 0 spiro atoms. The molecule has 3 heterocycles. The fraction of sp³-hybridized carbons (Fsp3) is 0.636. The van der Waals surface area contributed by atoms with Crippen LogP contribution in [0.4, 0.5) is 0 Å². The molecule has 1 N–H and O–H groups in total. The normalized spacial score (nSPS) is 28.4. The maximum atomic E-state index is 12.3. The summed E-state index contributed by atoms with van der Waals surface area (Å²) in [6.07, 6.45) is 3.65. The Balaban J connectivity index is 1.83. The van der Waals surface area contributed by atoms with Gasteiger partial charge in [-0.2, -0.15) is 0 Å². The van der Waals surface area contributed by atoms with Crippen LogP contribution in [0.25, 0.3) is 0 Å². The molecule has 5 nitrogen and oxygen atoms in total. The fourth-order valence-electron chi connectivity index (χ4n) is 2.66. The van der Waals surface area contributed by atoms with Gasteiger partial charge in [0, 0.05) is 25.2 Å². The Labute approximate surface area is 93.8 Å². The second-order valence-corrected chi connectivity index (χ2v) is 4.58. The van der Waals surface area contributed by atoms with Crippen LogP contribution in [0, 0.1) is 6.92 Å². The number of hydrogen-bond acceptors (Lipinski definition) is 4. The second kappa shape index (κ2) is 3.59. The van der Waals surface area contributed by atoms with E-state index < -0.39 is 0 Å². The van der Waals surface area contributed by atoms with Crippen molar-refractivity contribution in [3.05, 3.63) is 17.5 Å². The lowest BCUT2D eigenvalue weighted by molar-refractivity contribution is 0.0656. The van der Waals surface area contributed by atoms with Crippen molar-refractivity contribution in [2.75, 3.05) is 13.1 Å². The van der Waals surface area contributed by atoms with Crippen LogP contribution in [0.1, 0.15) is 29.0 Å². The summed E-state index contributed by atoms with van der Waals surface area (Å²) < 4.78 is 4.94. The van der Waals surface area contributed by atoms with Gasteiger partial charge in [0.15, 0.2) is 0 Å². The third-order valence-corrected chi connectivity index (χ3v) is 3.60. The first kappa shape index (κ1) is 9.84. The van der Waals surface area contributed by atoms with Gasteiger partial charge in [0.1, 0.15) is 11.3 Å². The maximum absolute atomic E-state index is 12.3. The number of nitrogens with one attached hydrogen (secondary N) is 1. The van der Waals surface area contributed by atoms with Crippen molar-refractivity contribution in [2.45, 2.75) is 31.8 Å². The molecule has 0 aliphatic carbocycles. The lowest BCUT2D eigenvalue weighted by Gasteiger charge is -2.32. The molecular weight excluding hydrogens is 206 g/mol. The molecule has 16 heavy (non-hydrogen) atoms. The Kier molecular flexibility index (Phi) is 2.21. The molecule has 86 valence electrons. The van der Waals surface area contributed by atoms with Crippen LogP contribution in [0.5, 0.6) is 0 Å². The molecule has 3 rings (SSSR count). The lowest BCUT2D eigenvalue weighted by Crippen LogP contribution is -2.44. The number of nitrogens with zero attached hydrogens (tertiary/aromatic N) is 2. The van der Waals surface area contributed by atoms with Crippen LogP contribution in [0.2, 0.25) is 0 Å². The number of carbonyl (C=O) groups is 1. The number of carbonyl (C=O) groups excluding carboxylic acids is 1. The van der Waals surface area contributed by atoms with Gasteiger partial charge >= 0.3 is 0 Å². The molecule has 2 saturated heterocycles. The highest BCUT2D eigenvalue weighted by Gasteiger charge is 2.37. The molecule has 5 heteroatoms. The standard InChI is InChI=1S/C11H15N3O2/c1-7-10(6-13-16-7)11(15)14-3-2-8-4-9(14)5-12-8/h6,8-9,12H,2-5H2,1H3. The molecule has 1 amide bonds. The van der Waals surface area contributed by atoms with Crippen molar-refractivity contribution in [3.8, 4) is 0 Å². The summed E-state index contributed by atoms with van der Waals surface area (Å²) in [5.41, 5.74) is 0.602. The van der Waals surface area contributed by atoms with Gasteiger partial charge in [0.05, 0.1) is 6.20 Å². The largest absolute Gasteiger partial charge is 0.361 e. The Morgan fingerprint density at radius 3 is 3.31 bits per heavy atom. The summed E-state index contributed by atoms with van der Waals surface area (Å²) in [4.78, 5) is 14.2. The maximum Gasteiger partial charge on any atom is 0.259 e. The number of aryl methyl sites for hydroxylation is 1. The quantitative estimate of drug-likeness (QED) is 0.752. The summed E-state index contributed by atoms with van der Waals surface area (Å²) in [6, 6.07) is 0.957. The predicted octanol–water partition coefficient (Wildman–Crippen LogP) is 0.559. The summed E-state index contributed by atoms with van der Waals surface area (Å²) in [6.45, 7) is 3.53. The van der Waals surface area contributed by atoms with E-state index in [4.69, 9.17) is 4.52 Å². The van der Waals surface area contributed by atoms with Crippen LogP contribution in [-0.4, -0.2) is 41.1 Å². The number of likely N-dealkylation sites (tertiary alicyclic amines) is 1. The number of hydrogen-bond donors (Lipinski definition) is 1. The third-order valence-electron chi connectivity index (χ3n) is 3.60. The molecule has 2 atom stereocenters. The SMILES string of the molecule is Cc1oncc1C(=O)N1CCC2CC1CN2. The van der Waals surface area contributed by atoms with Crippen molar-refractivity contribution < 1.29 is 9.32 Å². The number of rotatable bonds is 1. The highest BCUT2D eigenvalue weighted by Crippen LogP contribution is 2.25. The second-order valence-electron chi connectivity index (χ2n) is 4.58. The van der Waals surface area contributed by atoms with E-state index in [1.807, 2.05) is 4.90 Å². The lowest BCUT2D eigenvalue weighted by atomic mass is 10.0. The highest BCUT2D eigenvalue weighted by molar-refractivity contribution is 5.95. The van der Waals surface area contributed by atoms with Crippen molar-refractivity contribution in [3.63, 3.8) is 0 Å². The highest BCUT2D eigenvalue weighted by atomic mass is 16.5. The van der Waals surface area contributed by atoms with E-state index in [2.05, 4.69) is 10.5 Å². The molecule has 2 aliphatic heterocycles. The van der Waals surface area contributed by atoms with E-state index in [0.29, 0.717) is 23.4 Å². The zero-order valence-electron chi connectivity index (χ0n) is 9.27. The first-order chi connectivity index (χ1) is 7.75. The van der Waals surface area contributed by atoms with Crippen molar-refractivity contribution in [1.29, 1.82) is 0 Å². The molecule has 2 aliphatic rings. The minimum Gasteiger partial charge on any atom is -0.361 e. The average molecular weight is 221 g/mol. The minimum absolute atomic E-state index is 0.0610. The predicted molar refractivity (Wildman–Crippen MR) is 57.1 cm³/mol. The Morgan fingerprint density at radius 1 is 1.69 bits per heavy atom. The Morgan fingerprint density at radius 2 is 2.56 bits per heavy atom. The van der Waals surface area contributed by atoms with E-state index in [9.17, 15) is 4.79 Å².